The van der Waals surface area contributed by atoms with Crippen molar-refractivity contribution in [1.29, 1.82) is 0 Å². The van der Waals surface area contributed by atoms with Gasteiger partial charge in [0.15, 0.2) is 17.5 Å². The van der Waals surface area contributed by atoms with Crippen molar-refractivity contribution < 1.29 is 27.1 Å². The molecule has 0 N–H and O–H groups in total. The zero-order valence-electron chi connectivity index (χ0n) is 12.0. The van der Waals surface area contributed by atoms with Gasteiger partial charge in [-0.05, 0) is 26.0 Å². The molecule has 0 amide bonds. The van der Waals surface area contributed by atoms with Gasteiger partial charge in [-0.15, -0.1) is 0 Å². The van der Waals surface area contributed by atoms with E-state index >= 15 is 0 Å². The van der Waals surface area contributed by atoms with Gasteiger partial charge in [0.25, 0.3) is 0 Å². The second-order valence-electron chi connectivity index (χ2n) is 4.65. The Kier molecular flexibility index (Phi) is 4.73. The van der Waals surface area contributed by atoms with Crippen molar-refractivity contribution in [2.24, 2.45) is 4.99 Å². The Morgan fingerprint density at radius 2 is 1.70 bits per heavy atom. The lowest BCUT2D eigenvalue weighted by atomic mass is 10.2. The third kappa shape index (κ3) is 3.71. The maximum absolute atomic E-state index is 13.4. The van der Waals surface area contributed by atoms with Crippen molar-refractivity contribution in [3.63, 3.8) is 0 Å². The van der Waals surface area contributed by atoms with Crippen LogP contribution in [0.15, 0.2) is 29.4 Å². The first-order chi connectivity index (χ1) is 10.8. The van der Waals surface area contributed by atoms with Crippen LogP contribution in [0, 0.1) is 23.3 Å². The lowest BCUT2D eigenvalue weighted by Crippen LogP contribution is -2.12. The first-order valence-electron chi connectivity index (χ1n) is 6.32. The number of pyridine rings is 1. The van der Waals surface area contributed by atoms with E-state index in [0.29, 0.717) is 5.82 Å². The summed E-state index contributed by atoms with van der Waals surface area (Å²) in [7, 11) is 0. The van der Waals surface area contributed by atoms with Gasteiger partial charge in [-0.25, -0.2) is 23.6 Å². The van der Waals surface area contributed by atoms with E-state index in [1.165, 1.54) is 12.1 Å². The number of ether oxygens (including phenoxy) is 1. The molecule has 0 saturated heterocycles. The molecule has 1 heterocycles. The van der Waals surface area contributed by atoms with E-state index in [4.69, 9.17) is 0 Å². The molecule has 2 aromatic rings. The summed E-state index contributed by atoms with van der Waals surface area (Å²) in [6, 6.07) is 2.65. The van der Waals surface area contributed by atoms with Gasteiger partial charge in [0.2, 0.25) is 17.4 Å². The summed E-state index contributed by atoms with van der Waals surface area (Å²) in [5.74, 6) is -9.29. The molecule has 23 heavy (non-hydrogen) atoms. The third-order valence-corrected chi connectivity index (χ3v) is 2.59. The summed E-state index contributed by atoms with van der Waals surface area (Å²) < 4.78 is 57.4. The smallest absolute Gasteiger partial charge is 0.345 e. The standard InChI is InChI=1S/C15H10F4N2O2/c1-7(2)21-11-4-3-8(6-20-11)15(22)23-14-12(18)9(16)5-10(17)13(14)19/h3-6H,1-2H3. The number of hydrogen-bond acceptors (Lipinski definition) is 4. The molecule has 0 atom stereocenters. The SMILES string of the molecule is CC(C)=Nc1ccc(C(=O)Oc2c(F)c(F)cc(F)c2F)cn1. The van der Waals surface area contributed by atoms with Crippen LogP contribution in [0.5, 0.6) is 5.75 Å². The Morgan fingerprint density at radius 3 is 2.17 bits per heavy atom. The average molecular weight is 326 g/mol. The molecule has 1 aromatic carbocycles. The Hall–Kier alpha value is -2.77. The van der Waals surface area contributed by atoms with Gasteiger partial charge in [-0.3, -0.25) is 0 Å². The Labute approximate surface area is 128 Å². The van der Waals surface area contributed by atoms with Gasteiger partial charge in [-0.2, -0.15) is 8.78 Å². The van der Waals surface area contributed by atoms with Gasteiger partial charge >= 0.3 is 5.97 Å². The van der Waals surface area contributed by atoms with Gasteiger partial charge in [0, 0.05) is 18.0 Å². The minimum Gasteiger partial charge on any atom is -0.416 e. The average Bonchev–Trinajstić information content (AvgIpc) is 2.49. The summed E-state index contributed by atoms with van der Waals surface area (Å²) in [4.78, 5) is 19.7. The maximum atomic E-state index is 13.4. The number of esters is 1. The monoisotopic (exact) mass is 326 g/mol. The first-order valence-corrected chi connectivity index (χ1v) is 6.32. The molecular formula is C15H10F4N2O2. The van der Waals surface area contributed by atoms with E-state index in [1.54, 1.807) is 13.8 Å². The molecule has 0 aliphatic heterocycles. The van der Waals surface area contributed by atoms with Crippen LogP contribution in [-0.4, -0.2) is 16.7 Å². The van der Waals surface area contributed by atoms with E-state index in [2.05, 4.69) is 14.7 Å². The molecule has 0 saturated carbocycles. The van der Waals surface area contributed by atoms with Crippen molar-refractivity contribution in [2.75, 3.05) is 0 Å². The fourth-order valence-electron chi connectivity index (χ4n) is 1.59. The summed E-state index contributed by atoms with van der Waals surface area (Å²) in [5, 5.41) is 0. The Balaban J connectivity index is 2.28. The van der Waals surface area contributed by atoms with Gasteiger partial charge in [0.1, 0.15) is 0 Å². The zero-order valence-corrected chi connectivity index (χ0v) is 12.0. The first kappa shape index (κ1) is 16.6. The number of hydrogen-bond donors (Lipinski definition) is 0. The number of nitrogens with zero attached hydrogens (tertiary/aromatic N) is 2. The minimum absolute atomic E-state index is 0.0173. The number of aliphatic imine (C=N–C) groups is 1. The second-order valence-corrected chi connectivity index (χ2v) is 4.65. The lowest BCUT2D eigenvalue weighted by Gasteiger charge is -2.07. The van der Waals surface area contributed by atoms with Crippen molar-refractivity contribution >= 4 is 17.5 Å². The molecule has 0 radical (unpaired) electrons. The van der Waals surface area contributed by atoms with Crippen LogP contribution in [0.25, 0.3) is 0 Å². The highest BCUT2D eigenvalue weighted by Gasteiger charge is 2.23. The van der Waals surface area contributed by atoms with Gasteiger partial charge in [0.05, 0.1) is 5.56 Å². The van der Waals surface area contributed by atoms with Crippen molar-refractivity contribution in [3.05, 3.63) is 53.2 Å². The molecule has 2 rings (SSSR count). The molecule has 120 valence electrons. The van der Waals surface area contributed by atoms with Crippen molar-refractivity contribution in [1.82, 2.24) is 4.98 Å². The second kappa shape index (κ2) is 6.55. The molecule has 1 aromatic heterocycles. The third-order valence-electron chi connectivity index (χ3n) is 2.59. The summed E-state index contributed by atoms with van der Waals surface area (Å²) in [6.45, 7) is 3.49. The number of aromatic nitrogens is 1. The molecule has 4 nitrogen and oxygen atoms in total. The Morgan fingerprint density at radius 1 is 1.09 bits per heavy atom. The molecule has 0 aliphatic carbocycles. The van der Waals surface area contributed by atoms with Crippen LogP contribution < -0.4 is 4.74 Å². The van der Waals surface area contributed by atoms with Crippen LogP contribution in [0.1, 0.15) is 24.2 Å². The van der Waals surface area contributed by atoms with E-state index in [-0.39, 0.29) is 11.6 Å². The molecule has 0 unspecified atom stereocenters. The number of benzene rings is 1. The van der Waals surface area contributed by atoms with Gasteiger partial charge in [-0.1, -0.05) is 0 Å². The summed E-state index contributed by atoms with van der Waals surface area (Å²) >= 11 is 0. The predicted octanol–water partition coefficient (Wildman–Crippen LogP) is 3.97. The van der Waals surface area contributed by atoms with Crippen molar-refractivity contribution in [3.8, 4) is 5.75 Å². The van der Waals surface area contributed by atoms with E-state index < -0.39 is 35.0 Å². The molecule has 8 heteroatoms. The van der Waals surface area contributed by atoms with E-state index in [0.717, 1.165) is 11.9 Å². The van der Waals surface area contributed by atoms with Gasteiger partial charge < -0.3 is 4.74 Å². The number of halogens is 4. The summed E-state index contributed by atoms with van der Waals surface area (Å²) in [6.07, 6.45) is 1.07. The van der Waals surface area contributed by atoms with Crippen LogP contribution >= 0.6 is 0 Å². The van der Waals surface area contributed by atoms with Crippen molar-refractivity contribution in [2.45, 2.75) is 13.8 Å². The topological polar surface area (TPSA) is 51.5 Å². The highest BCUT2D eigenvalue weighted by molar-refractivity contribution is 5.91. The Bertz CT molecular complexity index is 759. The quantitative estimate of drug-likeness (QED) is 0.282. The molecule has 0 spiro atoms. The largest absolute Gasteiger partial charge is 0.416 e. The normalized spacial score (nSPS) is 10.3. The highest BCUT2D eigenvalue weighted by atomic mass is 19.2. The number of carbonyl (C=O) groups is 1. The minimum atomic E-state index is -1.80. The molecule has 0 bridgehead atoms. The van der Waals surface area contributed by atoms with Crippen LogP contribution in [-0.2, 0) is 0 Å². The maximum Gasteiger partial charge on any atom is 0.345 e. The number of carbonyl (C=O) groups excluding carboxylic acids is 1. The lowest BCUT2D eigenvalue weighted by molar-refractivity contribution is 0.0717. The van der Waals surface area contributed by atoms with E-state index in [9.17, 15) is 22.4 Å². The summed E-state index contributed by atoms with van der Waals surface area (Å²) in [5.41, 5.74) is 0.563. The molecule has 0 fully saturated rings. The number of rotatable bonds is 3. The van der Waals surface area contributed by atoms with E-state index in [1.807, 2.05) is 0 Å². The zero-order chi connectivity index (χ0) is 17.1. The van der Waals surface area contributed by atoms with Crippen LogP contribution in [0.2, 0.25) is 0 Å². The van der Waals surface area contributed by atoms with Crippen LogP contribution in [0.3, 0.4) is 0 Å². The molecular weight excluding hydrogens is 316 g/mol. The predicted molar refractivity (Wildman–Crippen MR) is 73.9 cm³/mol. The van der Waals surface area contributed by atoms with Crippen LogP contribution in [0.4, 0.5) is 23.4 Å². The highest BCUT2D eigenvalue weighted by Crippen LogP contribution is 2.27. The fraction of sp³-hybridized carbons (Fsp3) is 0.133. The fourth-order valence-corrected chi connectivity index (χ4v) is 1.59. The molecule has 0 aliphatic rings.